The molecule has 0 aliphatic heterocycles. The van der Waals surface area contributed by atoms with E-state index in [1.807, 2.05) is 20.8 Å². The molecule has 0 bridgehead atoms. The number of ether oxygens (including phenoxy) is 3. The fourth-order valence-electron chi connectivity index (χ4n) is 5.23. The predicted molar refractivity (Wildman–Crippen MR) is 176 cm³/mol. The molecular weight excluding hydrogens is 590 g/mol. The zero-order valence-corrected chi connectivity index (χ0v) is 29.5. The number of amides is 1. The average Bonchev–Trinajstić information content (AvgIpc) is 3.25. The largest absolute Gasteiger partial charge is 0.460 e. The maximum absolute atomic E-state index is 12.7. The third-order valence-electron chi connectivity index (χ3n) is 7.57. The first-order valence-corrected chi connectivity index (χ1v) is 17.6. The van der Waals surface area contributed by atoms with Gasteiger partial charge in [0.15, 0.2) is 11.6 Å². The second-order valence-electron chi connectivity index (χ2n) is 14.5. The summed E-state index contributed by atoms with van der Waals surface area (Å²) < 4.78 is 15.8. The van der Waals surface area contributed by atoms with E-state index in [1.165, 1.54) is 51.4 Å². The van der Waals surface area contributed by atoms with E-state index >= 15 is 0 Å². The van der Waals surface area contributed by atoms with Gasteiger partial charge in [0.25, 0.3) is 0 Å². The van der Waals surface area contributed by atoms with Crippen LogP contribution in [0.15, 0.2) is 0 Å². The highest BCUT2D eigenvalue weighted by Gasteiger charge is 2.36. The van der Waals surface area contributed by atoms with Crippen LogP contribution in [0.2, 0.25) is 0 Å². The lowest BCUT2D eigenvalue weighted by Crippen LogP contribution is -2.44. The molecule has 0 aromatic heterocycles. The molecule has 1 atom stereocenters. The maximum Gasteiger partial charge on any atom is 0.329 e. The zero-order chi connectivity index (χ0) is 34.6. The lowest BCUT2D eigenvalue weighted by Gasteiger charge is -2.24. The lowest BCUT2D eigenvalue weighted by atomic mass is 10.0. The number of esters is 3. The Morgan fingerprint density at radius 2 is 1.02 bits per heavy atom. The molecule has 264 valence electrons. The fraction of sp³-hybridized carbons (Fsp3) is 0.833. The van der Waals surface area contributed by atoms with E-state index in [9.17, 15) is 28.8 Å². The van der Waals surface area contributed by atoms with Crippen molar-refractivity contribution >= 4 is 35.4 Å². The zero-order valence-electron chi connectivity index (χ0n) is 29.5. The van der Waals surface area contributed by atoms with Crippen molar-refractivity contribution in [3.8, 4) is 0 Å². The molecule has 1 amide bonds. The van der Waals surface area contributed by atoms with Crippen molar-refractivity contribution in [2.75, 3.05) is 0 Å². The van der Waals surface area contributed by atoms with Gasteiger partial charge in [-0.05, 0) is 60.8 Å². The molecule has 0 saturated heterocycles. The first kappa shape index (κ1) is 41.2. The third kappa shape index (κ3) is 21.1. The average molecular weight is 652 g/mol. The lowest BCUT2D eigenvalue weighted by molar-refractivity contribution is -0.161. The van der Waals surface area contributed by atoms with Crippen LogP contribution in [0.1, 0.15) is 170 Å². The standard InChI is InChI=1S/C36H61NO9/c1-35(2,3)45-32(42)22-20-18-16-14-12-10-8-7-9-11-13-15-17-19-21-30(40)37-27(34(43)46-36(4,5)6)23-26-31(41)44-33-28(38)24-25-29(33)39/h27,33H,7-26H2,1-6H3,(H,37,40). The molecule has 0 heterocycles. The van der Waals surface area contributed by atoms with Gasteiger partial charge in [-0.1, -0.05) is 77.0 Å². The second kappa shape index (κ2) is 21.9. The Morgan fingerprint density at radius 1 is 0.609 bits per heavy atom. The molecule has 10 nitrogen and oxygen atoms in total. The van der Waals surface area contributed by atoms with Crippen LogP contribution in [0.25, 0.3) is 0 Å². The predicted octanol–water partition coefficient (Wildman–Crippen LogP) is 7.02. The van der Waals surface area contributed by atoms with Crippen molar-refractivity contribution in [1.82, 2.24) is 5.32 Å². The first-order valence-electron chi connectivity index (χ1n) is 17.6. The molecule has 1 aliphatic rings. The fourth-order valence-corrected chi connectivity index (χ4v) is 5.23. The third-order valence-corrected chi connectivity index (χ3v) is 7.57. The van der Waals surface area contributed by atoms with E-state index in [1.54, 1.807) is 20.8 Å². The molecule has 10 heteroatoms. The Bertz CT molecular complexity index is 961. The highest BCUT2D eigenvalue weighted by Crippen LogP contribution is 2.18. The van der Waals surface area contributed by atoms with Gasteiger partial charge in [-0.25, -0.2) is 4.79 Å². The Morgan fingerprint density at radius 3 is 1.46 bits per heavy atom. The van der Waals surface area contributed by atoms with E-state index < -0.39 is 46.9 Å². The molecule has 1 N–H and O–H groups in total. The Hall–Kier alpha value is -2.78. The van der Waals surface area contributed by atoms with Crippen LogP contribution in [0.5, 0.6) is 0 Å². The summed E-state index contributed by atoms with van der Waals surface area (Å²) in [5.41, 5.74) is -1.17. The van der Waals surface area contributed by atoms with Crippen molar-refractivity contribution in [2.24, 2.45) is 0 Å². The number of ketones is 2. The van der Waals surface area contributed by atoms with Crippen molar-refractivity contribution in [2.45, 2.75) is 193 Å². The SMILES string of the molecule is CC(C)(C)OC(=O)CCCCCCCCCCCCCCCCC(=O)NC(CCC(=O)OC1C(=O)CCC1=O)C(=O)OC(C)(C)C. The van der Waals surface area contributed by atoms with Gasteiger partial charge in [0.05, 0.1) is 0 Å². The number of carbonyl (C=O) groups excluding carboxylic acids is 6. The molecule has 1 unspecified atom stereocenters. The summed E-state index contributed by atoms with van der Waals surface area (Å²) in [5.74, 6) is -2.62. The molecule has 0 aromatic carbocycles. The van der Waals surface area contributed by atoms with Crippen LogP contribution in [0.4, 0.5) is 0 Å². The van der Waals surface area contributed by atoms with E-state index in [0.29, 0.717) is 12.8 Å². The van der Waals surface area contributed by atoms with Crippen LogP contribution in [-0.2, 0) is 43.0 Å². The van der Waals surface area contributed by atoms with Gasteiger partial charge in [-0.2, -0.15) is 0 Å². The number of nitrogens with one attached hydrogen (secondary N) is 1. The van der Waals surface area contributed by atoms with Crippen molar-refractivity contribution in [1.29, 1.82) is 0 Å². The number of carbonyl (C=O) groups is 6. The molecule has 0 spiro atoms. The summed E-state index contributed by atoms with van der Waals surface area (Å²) in [6, 6.07) is -1.03. The first-order chi connectivity index (χ1) is 21.6. The quantitative estimate of drug-likeness (QED) is 0.0534. The van der Waals surface area contributed by atoms with Crippen LogP contribution < -0.4 is 5.32 Å². The van der Waals surface area contributed by atoms with E-state index in [4.69, 9.17) is 14.2 Å². The number of Topliss-reactive ketones (excluding diaryl/α,β-unsaturated/α-hetero) is 2. The number of rotatable bonds is 23. The van der Waals surface area contributed by atoms with Crippen molar-refractivity contribution in [3.63, 3.8) is 0 Å². The monoisotopic (exact) mass is 651 g/mol. The highest BCUT2D eigenvalue weighted by molar-refractivity contribution is 6.12. The van der Waals surface area contributed by atoms with Crippen LogP contribution in [-0.4, -0.2) is 58.7 Å². The summed E-state index contributed by atoms with van der Waals surface area (Å²) in [6.45, 7) is 10.8. The number of hydrogen-bond acceptors (Lipinski definition) is 9. The smallest absolute Gasteiger partial charge is 0.329 e. The van der Waals surface area contributed by atoms with Gasteiger partial charge < -0.3 is 19.5 Å². The Balaban J connectivity index is 2.14. The van der Waals surface area contributed by atoms with Gasteiger partial charge in [-0.15, -0.1) is 0 Å². The van der Waals surface area contributed by atoms with Crippen molar-refractivity contribution < 1.29 is 43.0 Å². The molecule has 0 aromatic rings. The van der Waals surface area contributed by atoms with Gasteiger partial charge >= 0.3 is 17.9 Å². The summed E-state index contributed by atoms with van der Waals surface area (Å²) in [7, 11) is 0. The van der Waals surface area contributed by atoms with Crippen LogP contribution in [0, 0.1) is 0 Å². The van der Waals surface area contributed by atoms with E-state index in [-0.39, 0.29) is 44.0 Å². The molecule has 1 saturated carbocycles. The van der Waals surface area contributed by atoms with Crippen LogP contribution in [0.3, 0.4) is 0 Å². The normalized spacial score (nSPS) is 14.7. The Kier molecular flexibility index (Phi) is 19.6. The molecule has 0 radical (unpaired) electrons. The van der Waals surface area contributed by atoms with Gasteiger partial charge in [0.2, 0.25) is 12.0 Å². The minimum Gasteiger partial charge on any atom is -0.460 e. The summed E-state index contributed by atoms with van der Waals surface area (Å²) in [6.07, 6.45) is 14.9. The molecule has 1 aliphatic carbocycles. The molecular formula is C36H61NO9. The van der Waals surface area contributed by atoms with Crippen LogP contribution >= 0.6 is 0 Å². The van der Waals surface area contributed by atoms with Crippen molar-refractivity contribution in [3.05, 3.63) is 0 Å². The molecule has 1 rings (SSSR count). The van der Waals surface area contributed by atoms with Gasteiger partial charge in [0, 0.05) is 32.1 Å². The van der Waals surface area contributed by atoms with E-state index in [0.717, 1.165) is 32.1 Å². The summed E-state index contributed by atoms with van der Waals surface area (Å²) >= 11 is 0. The highest BCUT2D eigenvalue weighted by atomic mass is 16.6. The molecule has 1 fully saturated rings. The second-order valence-corrected chi connectivity index (χ2v) is 14.5. The summed E-state index contributed by atoms with van der Waals surface area (Å²) in [4.78, 5) is 72.8. The minimum atomic E-state index is -1.35. The Labute approximate surface area is 276 Å². The minimum absolute atomic E-state index is 0.0512. The summed E-state index contributed by atoms with van der Waals surface area (Å²) in [5, 5.41) is 2.69. The number of unbranched alkanes of at least 4 members (excludes halogenated alkanes) is 13. The van der Waals surface area contributed by atoms with Gasteiger partial charge in [0.1, 0.15) is 17.2 Å². The maximum atomic E-state index is 12.7. The number of hydrogen-bond donors (Lipinski definition) is 1. The van der Waals surface area contributed by atoms with E-state index in [2.05, 4.69) is 5.32 Å². The topological polar surface area (TPSA) is 142 Å². The van der Waals surface area contributed by atoms with Gasteiger partial charge in [-0.3, -0.25) is 24.0 Å². The molecule has 46 heavy (non-hydrogen) atoms.